The van der Waals surface area contributed by atoms with Crippen LogP contribution < -0.4 is 4.90 Å². The highest BCUT2D eigenvalue weighted by Gasteiger charge is 2.19. The van der Waals surface area contributed by atoms with Gasteiger partial charge in [0.2, 0.25) is 0 Å². The first kappa shape index (κ1) is 27.9. The minimum absolute atomic E-state index is 0.921. The minimum Gasteiger partial charge on any atom is -0.456 e. The van der Waals surface area contributed by atoms with E-state index in [1.165, 1.54) is 64.3 Å². The van der Waals surface area contributed by atoms with Crippen molar-refractivity contribution in [2.45, 2.75) is 0 Å². The van der Waals surface area contributed by atoms with E-state index in [9.17, 15) is 0 Å². The molecule has 0 aliphatic carbocycles. The molecule has 0 aliphatic heterocycles. The highest BCUT2D eigenvalue weighted by atomic mass is 32.1. The molecule has 0 saturated heterocycles. The van der Waals surface area contributed by atoms with Crippen molar-refractivity contribution in [3.8, 4) is 22.3 Å². The molecule has 0 amide bonds. The third kappa shape index (κ3) is 4.55. The van der Waals surface area contributed by atoms with Gasteiger partial charge in [-0.1, -0.05) is 121 Å². The summed E-state index contributed by atoms with van der Waals surface area (Å²) >= 11 is 1.85. The van der Waals surface area contributed by atoms with Crippen LogP contribution >= 0.6 is 11.3 Å². The highest BCUT2D eigenvalue weighted by molar-refractivity contribution is 7.26. The number of para-hydroxylation sites is 1. The van der Waals surface area contributed by atoms with Crippen LogP contribution in [0.1, 0.15) is 0 Å². The van der Waals surface area contributed by atoms with Crippen LogP contribution in [0.5, 0.6) is 0 Å². The van der Waals surface area contributed by atoms with Crippen LogP contribution in [0.2, 0.25) is 0 Å². The molecule has 0 atom stereocenters. The Bertz CT molecular complexity index is 2810. The van der Waals surface area contributed by atoms with Gasteiger partial charge in [-0.25, -0.2) is 0 Å². The normalized spacial score (nSPS) is 11.7. The summed E-state index contributed by atoms with van der Waals surface area (Å²) in [6.07, 6.45) is 0. The lowest BCUT2D eigenvalue weighted by Crippen LogP contribution is -2.10. The van der Waals surface area contributed by atoms with E-state index in [1.807, 2.05) is 23.5 Å². The molecular formula is C46H29NOS. The number of nitrogens with zero attached hydrogens (tertiary/aromatic N) is 1. The summed E-state index contributed by atoms with van der Waals surface area (Å²) in [5.74, 6) is 0. The van der Waals surface area contributed by atoms with Gasteiger partial charge in [-0.2, -0.15) is 0 Å². The number of rotatable bonds is 5. The summed E-state index contributed by atoms with van der Waals surface area (Å²) in [6, 6.07) is 63.2. The third-order valence-electron chi connectivity index (χ3n) is 9.69. The van der Waals surface area contributed by atoms with E-state index in [4.69, 9.17) is 4.42 Å². The molecule has 0 spiro atoms. The average Bonchev–Trinajstić information content (AvgIpc) is 3.75. The molecule has 2 aromatic heterocycles. The highest BCUT2D eigenvalue weighted by Crippen LogP contribution is 2.46. The summed E-state index contributed by atoms with van der Waals surface area (Å²) in [7, 11) is 0. The van der Waals surface area contributed by atoms with E-state index in [0.717, 1.165) is 27.9 Å². The molecule has 3 heteroatoms. The van der Waals surface area contributed by atoms with Crippen molar-refractivity contribution in [1.82, 2.24) is 0 Å². The lowest BCUT2D eigenvalue weighted by molar-refractivity contribution is 0.669. The first-order valence-corrected chi connectivity index (χ1v) is 17.4. The lowest BCUT2D eigenvalue weighted by Gasteiger charge is -2.27. The van der Waals surface area contributed by atoms with Gasteiger partial charge in [-0.15, -0.1) is 11.3 Å². The summed E-state index contributed by atoms with van der Waals surface area (Å²) in [6.45, 7) is 0. The number of benzene rings is 8. The Morgan fingerprint density at radius 1 is 0.367 bits per heavy atom. The van der Waals surface area contributed by atoms with Crippen molar-refractivity contribution < 1.29 is 4.42 Å². The minimum atomic E-state index is 0.921. The maximum atomic E-state index is 6.21. The fraction of sp³-hybridized carbons (Fsp3) is 0. The van der Waals surface area contributed by atoms with Crippen LogP contribution in [0.3, 0.4) is 0 Å². The summed E-state index contributed by atoms with van der Waals surface area (Å²) in [5, 5.41) is 7.32. The molecule has 49 heavy (non-hydrogen) atoms. The monoisotopic (exact) mass is 643 g/mol. The van der Waals surface area contributed by atoms with Crippen LogP contribution in [0, 0.1) is 0 Å². The Hall–Kier alpha value is -6.16. The predicted molar refractivity (Wildman–Crippen MR) is 210 cm³/mol. The molecule has 0 unspecified atom stereocenters. The Balaban J connectivity index is 1.13. The number of anilines is 3. The van der Waals surface area contributed by atoms with Gasteiger partial charge in [0.1, 0.15) is 11.2 Å². The van der Waals surface area contributed by atoms with Crippen molar-refractivity contribution >= 4 is 81.3 Å². The van der Waals surface area contributed by atoms with E-state index in [2.05, 4.69) is 169 Å². The lowest BCUT2D eigenvalue weighted by atomic mass is 9.95. The smallest absolute Gasteiger partial charge is 0.136 e. The molecule has 8 aromatic carbocycles. The molecule has 2 nitrogen and oxygen atoms in total. The Labute approximate surface area is 287 Å². The van der Waals surface area contributed by atoms with Gasteiger partial charge >= 0.3 is 0 Å². The zero-order valence-electron chi connectivity index (χ0n) is 26.5. The number of thiophene rings is 1. The van der Waals surface area contributed by atoms with Crippen molar-refractivity contribution in [2.24, 2.45) is 0 Å². The zero-order chi connectivity index (χ0) is 32.3. The molecule has 0 aliphatic rings. The van der Waals surface area contributed by atoms with Crippen LogP contribution in [0.25, 0.3) is 75.1 Å². The maximum Gasteiger partial charge on any atom is 0.136 e. The molecule has 0 radical (unpaired) electrons. The second-order valence-corrected chi connectivity index (χ2v) is 13.6. The van der Waals surface area contributed by atoms with Gasteiger partial charge in [0.25, 0.3) is 0 Å². The molecule has 230 valence electrons. The first-order chi connectivity index (χ1) is 24.3. The summed E-state index contributed by atoms with van der Waals surface area (Å²) in [5.41, 5.74) is 10.1. The average molecular weight is 644 g/mol. The molecule has 10 aromatic rings. The van der Waals surface area contributed by atoms with Gasteiger partial charge in [-0.3, -0.25) is 0 Å². The predicted octanol–water partition coefficient (Wildman–Crippen LogP) is 13.9. The van der Waals surface area contributed by atoms with Crippen molar-refractivity contribution in [3.63, 3.8) is 0 Å². The van der Waals surface area contributed by atoms with E-state index in [0.29, 0.717) is 0 Å². The SMILES string of the molecule is c1ccc(-c2ccc(N(c3ccc(-c4cccc5c4ccc4oc6ccccc6c45)cc3)c3cccc4sc5ccccc5c34)cc2)cc1. The van der Waals surface area contributed by atoms with E-state index < -0.39 is 0 Å². The fourth-order valence-electron chi connectivity index (χ4n) is 7.43. The van der Waals surface area contributed by atoms with Gasteiger partial charge in [0.15, 0.2) is 0 Å². The van der Waals surface area contributed by atoms with Gasteiger partial charge < -0.3 is 9.32 Å². The van der Waals surface area contributed by atoms with Crippen molar-refractivity contribution in [1.29, 1.82) is 0 Å². The summed E-state index contributed by atoms with van der Waals surface area (Å²) < 4.78 is 8.80. The van der Waals surface area contributed by atoms with Crippen molar-refractivity contribution in [3.05, 3.63) is 176 Å². The standard InChI is InChI=1S/C46H29NOS/c1-2-10-30(11-3-1)31-20-24-33(25-21-31)47(40-16-9-19-44-46(40)39-13-5-7-18-43(39)49-44)34-26-22-32(23-27-34)35-14-8-15-37-36(35)28-29-42-45(37)38-12-4-6-17-41(38)48-42/h1-29H. The third-order valence-corrected chi connectivity index (χ3v) is 10.8. The largest absolute Gasteiger partial charge is 0.456 e. The van der Waals surface area contributed by atoms with E-state index in [-0.39, 0.29) is 0 Å². The number of hydrogen-bond donors (Lipinski definition) is 0. The molecule has 0 fully saturated rings. The number of fused-ring (bicyclic) bond motifs is 8. The van der Waals surface area contributed by atoms with Gasteiger partial charge in [0, 0.05) is 42.3 Å². The van der Waals surface area contributed by atoms with E-state index >= 15 is 0 Å². The number of furan rings is 1. The first-order valence-electron chi connectivity index (χ1n) is 16.6. The Morgan fingerprint density at radius 2 is 1.00 bits per heavy atom. The Morgan fingerprint density at radius 3 is 1.82 bits per heavy atom. The van der Waals surface area contributed by atoms with Crippen molar-refractivity contribution in [2.75, 3.05) is 4.90 Å². The molecule has 0 N–H and O–H groups in total. The molecular weight excluding hydrogens is 615 g/mol. The van der Waals surface area contributed by atoms with Crippen LogP contribution in [0.15, 0.2) is 180 Å². The van der Waals surface area contributed by atoms with Crippen LogP contribution in [0.4, 0.5) is 17.1 Å². The number of hydrogen-bond acceptors (Lipinski definition) is 3. The maximum absolute atomic E-state index is 6.21. The second-order valence-electron chi connectivity index (χ2n) is 12.5. The molecule has 10 rings (SSSR count). The molecule has 0 saturated carbocycles. The van der Waals surface area contributed by atoms with Crippen LogP contribution in [-0.4, -0.2) is 0 Å². The molecule has 2 heterocycles. The second kappa shape index (κ2) is 11.2. The van der Waals surface area contributed by atoms with Gasteiger partial charge in [0.05, 0.1) is 5.69 Å². The van der Waals surface area contributed by atoms with Crippen LogP contribution in [-0.2, 0) is 0 Å². The zero-order valence-corrected chi connectivity index (χ0v) is 27.3. The Kier molecular flexibility index (Phi) is 6.39. The fourth-order valence-corrected chi connectivity index (χ4v) is 8.55. The molecule has 0 bridgehead atoms. The topological polar surface area (TPSA) is 16.4 Å². The van der Waals surface area contributed by atoms with Gasteiger partial charge in [-0.05, 0) is 87.6 Å². The quantitative estimate of drug-likeness (QED) is 0.186. The van der Waals surface area contributed by atoms with E-state index in [1.54, 1.807) is 0 Å². The summed E-state index contributed by atoms with van der Waals surface area (Å²) in [4.78, 5) is 2.41.